The van der Waals surface area contributed by atoms with E-state index in [-0.39, 0.29) is 18.7 Å². The number of nitriles is 1. The van der Waals surface area contributed by atoms with E-state index in [4.69, 9.17) is 10.00 Å². The highest BCUT2D eigenvalue weighted by molar-refractivity contribution is 5.18. The monoisotopic (exact) mass is 272 g/mol. The van der Waals surface area contributed by atoms with Crippen molar-refractivity contribution >= 4 is 0 Å². The normalized spacial score (nSPS) is 26.5. The van der Waals surface area contributed by atoms with E-state index >= 15 is 0 Å². The van der Waals surface area contributed by atoms with Crippen LogP contribution in [0.4, 0.5) is 8.78 Å². The number of aliphatic hydroxyl groups is 1. The number of allylic oxidation sites excluding steroid dienone is 1. The Bertz CT molecular complexity index is 434. The van der Waals surface area contributed by atoms with Crippen molar-refractivity contribution in [1.29, 1.82) is 5.26 Å². The van der Waals surface area contributed by atoms with Gasteiger partial charge in [0, 0.05) is 18.5 Å². The number of rotatable bonds is 4. The van der Waals surface area contributed by atoms with Gasteiger partial charge < -0.3 is 9.84 Å². The van der Waals surface area contributed by atoms with Crippen LogP contribution in [0.1, 0.15) is 26.7 Å². The van der Waals surface area contributed by atoms with E-state index in [1.165, 1.54) is 0 Å². The maximum absolute atomic E-state index is 13.3. The van der Waals surface area contributed by atoms with Crippen LogP contribution in [0, 0.1) is 17.2 Å². The summed E-state index contributed by atoms with van der Waals surface area (Å²) in [5, 5.41) is 18.9. The van der Waals surface area contributed by atoms with E-state index < -0.39 is 17.4 Å². The summed E-state index contributed by atoms with van der Waals surface area (Å²) in [4.78, 5) is 1.68. The number of ether oxygens (including phenoxy) is 1. The molecule has 0 radical (unpaired) electrons. The molecule has 0 aliphatic carbocycles. The molecule has 0 amide bonds. The summed E-state index contributed by atoms with van der Waals surface area (Å²) < 4.78 is 31.4. The lowest BCUT2D eigenvalue weighted by molar-refractivity contribution is -0.00259. The molecule has 2 rings (SSSR count). The van der Waals surface area contributed by atoms with Crippen LogP contribution in [0.25, 0.3) is 0 Å². The molecule has 2 fully saturated rings. The lowest BCUT2D eigenvalue weighted by atomic mass is 9.88. The SMILES string of the molecule is CC(C)(C[C@@H](C#N)/C(O)=C1/CO1)N1CCC(F)(F)C1. The molecule has 1 atom stereocenters. The molecule has 0 aromatic heterocycles. The molecule has 2 aliphatic heterocycles. The van der Waals surface area contributed by atoms with Crippen molar-refractivity contribution in [2.45, 2.75) is 38.2 Å². The van der Waals surface area contributed by atoms with Crippen molar-refractivity contribution in [2.24, 2.45) is 5.92 Å². The summed E-state index contributed by atoms with van der Waals surface area (Å²) in [7, 11) is 0. The molecule has 2 saturated heterocycles. The first kappa shape index (κ1) is 14.1. The molecule has 2 aliphatic rings. The smallest absolute Gasteiger partial charge is 0.261 e. The van der Waals surface area contributed by atoms with Gasteiger partial charge in [-0.2, -0.15) is 5.26 Å². The van der Waals surface area contributed by atoms with Gasteiger partial charge in [0.25, 0.3) is 5.92 Å². The first-order valence-electron chi connectivity index (χ1n) is 6.32. The summed E-state index contributed by atoms with van der Waals surface area (Å²) in [6, 6.07) is 2.02. The summed E-state index contributed by atoms with van der Waals surface area (Å²) >= 11 is 0. The van der Waals surface area contributed by atoms with E-state index in [2.05, 4.69) is 0 Å². The molecular weight excluding hydrogens is 254 g/mol. The minimum atomic E-state index is -2.65. The van der Waals surface area contributed by atoms with Gasteiger partial charge in [0.15, 0.2) is 11.5 Å². The summed E-state index contributed by atoms with van der Waals surface area (Å²) in [6.45, 7) is 4.03. The van der Waals surface area contributed by atoms with Gasteiger partial charge in [0.2, 0.25) is 0 Å². The number of nitrogens with zero attached hydrogens (tertiary/aromatic N) is 2. The molecule has 0 unspecified atom stereocenters. The van der Waals surface area contributed by atoms with Gasteiger partial charge in [-0.1, -0.05) is 0 Å². The van der Waals surface area contributed by atoms with Crippen LogP contribution in [-0.4, -0.2) is 41.2 Å². The van der Waals surface area contributed by atoms with Crippen molar-refractivity contribution in [2.75, 3.05) is 19.7 Å². The lowest BCUT2D eigenvalue weighted by Crippen LogP contribution is -2.45. The molecule has 0 bridgehead atoms. The van der Waals surface area contributed by atoms with Crippen LogP contribution < -0.4 is 0 Å². The second kappa shape index (κ2) is 4.64. The van der Waals surface area contributed by atoms with Crippen LogP contribution in [0.3, 0.4) is 0 Å². The molecule has 1 N–H and O–H groups in total. The van der Waals surface area contributed by atoms with Gasteiger partial charge in [0.05, 0.1) is 12.6 Å². The Kier molecular flexibility index (Phi) is 3.43. The second-order valence-electron chi connectivity index (χ2n) is 5.82. The Morgan fingerprint density at radius 3 is 2.68 bits per heavy atom. The van der Waals surface area contributed by atoms with Gasteiger partial charge in [-0.05, 0) is 20.3 Å². The van der Waals surface area contributed by atoms with Gasteiger partial charge in [0.1, 0.15) is 12.5 Å². The maximum atomic E-state index is 13.3. The number of aliphatic hydroxyl groups excluding tert-OH is 1. The summed E-state index contributed by atoms with van der Waals surface area (Å²) in [5.74, 6) is -2.98. The van der Waals surface area contributed by atoms with E-state index in [0.717, 1.165) is 0 Å². The minimum Gasteiger partial charge on any atom is -0.507 e. The molecule has 0 aromatic carbocycles. The van der Waals surface area contributed by atoms with Gasteiger partial charge in [-0.15, -0.1) is 0 Å². The van der Waals surface area contributed by atoms with Crippen molar-refractivity contribution in [3.8, 4) is 6.07 Å². The zero-order valence-electron chi connectivity index (χ0n) is 11.1. The molecule has 0 aromatic rings. The predicted octanol–water partition coefficient (Wildman–Crippen LogP) is 2.44. The quantitative estimate of drug-likeness (QED) is 0.630. The third-order valence-electron chi connectivity index (χ3n) is 3.79. The summed E-state index contributed by atoms with van der Waals surface area (Å²) in [5.41, 5.74) is -0.566. The average molecular weight is 272 g/mol. The molecule has 0 spiro atoms. The van der Waals surface area contributed by atoms with Gasteiger partial charge in [-0.25, -0.2) is 8.78 Å². The number of alkyl halides is 2. The molecular formula is C13H18F2N2O2. The number of hydrogen-bond acceptors (Lipinski definition) is 4. The first-order valence-corrected chi connectivity index (χ1v) is 6.32. The zero-order valence-corrected chi connectivity index (χ0v) is 11.1. The fourth-order valence-corrected chi connectivity index (χ4v) is 2.46. The predicted molar refractivity (Wildman–Crippen MR) is 64.5 cm³/mol. The third-order valence-corrected chi connectivity index (χ3v) is 3.79. The lowest BCUT2D eigenvalue weighted by Gasteiger charge is -2.36. The molecule has 106 valence electrons. The molecule has 0 saturated carbocycles. The number of hydrogen-bond donors (Lipinski definition) is 1. The van der Waals surface area contributed by atoms with Crippen LogP contribution in [0.2, 0.25) is 0 Å². The number of halogens is 2. The molecule has 19 heavy (non-hydrogen) atoms. The minimum absolute atomic E-state index is 0.0541. The number of epoxide rings is 1. The number of likely N-dealkylation sites (tertiary alicyclic amines) is 1. The molecule has 6 heteroatoms. The van der Waals surface area contributed by atoms with E-state index in [1.807, 2.05) is 19.9 Å². The molecule has 2 heterocycles. The third kappa shape index (κ3) is 3.16. The Morgan fingerprint density at radius 2 is 2.26 bits per heavy atom. The van der Waals surface area contributed by atoms with E-state index in [1.54, 1.807) is 4.90 Å². The Morgan fingerprint density at radius 1 is 1.63 bits per heavy atom. The van der Waals surface area contributed by atoms with E-state index in [0.29, 0.717) is 25.3 Å². The van der Waals surface area contributed by atoms with E-state index in [9.17, 15) is 13.9 Å². The highest BCUT2D eigenvalue weighted by Gasteiger charge is 2.45. The fourth-order valence-electron chi connectivity index (χ4n) is 2.46. The zero-order chi connectivity index (χ0) is 14.3. The summed E-state index contributed by atoms with van der Waals surface area (Å²) in [6.07, 6.45) is 0.155. The Hall–Kier alpha value is -1.35. The van der Waals surface area contributed by atoms with Gasteiger partial charge >= 0.3 is 0 Å². The molecule has 4 nitrogen and oxygen atoms in total. The Balaban J connectivity index is 2.04. The average Bonchev–Trinajstić information content (AvgIpc) is 3.09. The van der Waals surface area contributed by atoms with Gasteiger partial charge in [-0.3, -0.25) is 4.90 Å². The van der Waals surface area contributed by atoms with Crippen LogP contribution >= 0.6 is 0 Å². The van der Waals surface area contributed by atoms with Crippen LogP contribution in [0.15, 0.2) is 11.5 Å². The van der Waals surface area contributed by atoms with Crippen LogP contribution in [-0.2, 0) is 4.74 Å². The van der Waals surface area contributed by atoms with Crippen molar-refractivity contribution in [1.82, 2.24) is 4.90 Å². The first-order chi connectivity index (χ1) is 8.75. The van der Waals surface area contributed by atoms with Crippen molar-refractivity contribution in [3.05, 3.63) is 11.5 Å². The highest BCUT2D eigenvalue weighted by atomic mass is 19.3. The standard InChI is InChI=1S/C13H18F2N2O2/c1-12(2,17-4-3-13(14,15)8-17)5-9(6-16)11(18)10-7-19-10/h9,18H,3-5,7-8H2,1-2H3/b11-10+/t9-/m0/s1. The van der Waals surface area contributed by atoms with Crippen molar-refractivity contribution in [3.63, 3.8) is 0 Å². The topological polar surface area (TPSA) is 59.8 Å². The highest BCUT2D eigenvalue weighted by Crippen LogP contribution is 2.36. The maximum Gasteiger partial charge on any atom is 0.261 e. The second-order valence-corrected chi connectivity index (χ2v) is 5.82. The largest absolute Gasteiger partial charge is 0.507 e. The van der Waals surface area contributed by atoms with Crippen molar-refractivity contribution < 1.29 is 18.6 Å². The Labute approximate surface area is 111 Å². The fraction of sp³-hybridized carbons (Fsp3) is 0.769. The van der Waals surface area contributed by atoms with Crippen LogP contribution in [0.5, 0.6) is 0 Å².